The molecule has 3 rings (SSSR count). The molecule has 1 aromatic carbocycles. The quantitative estimate of drug-likeness (QED) is 0.873. The zero-order chi connectivity index (χ0) is 17.0. The molecule has 24 heavy (non-hydrogen) atoms. The molecular formula is C17H21N3O4. The van der Waals surface area contributed by atoms with Crippen LogP contribution in [0.3, 0.4) is 0 Å². The lowest BCUT2D eigenvalue weighted by atomic mass is 10.1. The Morgan fingerprint density at radius 2 is 2.42 bits per heavy atom. The van der Waals surface area contributed by atoms with Gasteiger partial charge >= 0.3 is 0 Å². The summed E-state index contributed by atoms with van der Waals surface area (Å²) < 4.78 is 11.2. The van der Waals surface area contributed by atoms with Gasteiger partial charge in [-0.25, -0.2) is 4.98 Å². The molecule has 0 aliphatic carbocycles. The van der Waals surface area contributed by atoms with E-state index in [2.05, 4.69) is 9.97 Å². The first-order valence-corrected chi connectivity index (χ1v) is 7.83. The van der Waals surface area contributed by atoms with E-state index in [0.29, 0.717) is 24.6 Å². The predicted molar refractivity (Wildman–Crippen MR) is 86.9 cm³/mol. The van der Waals surface area contributed by atoms with Gasteiger partial charge in [-0.3, -0.25) is 4.79 Å². The van der Waals surface area contributed by atoms with Gasteiger partial charge in [0.2, 0.25) is 0 Å². The van der Waals surface area contributed by atoms with Crippen molar-refractivity contribution < 1.29 is 19.4 Å². The Morgan fingerprint density at radius 1 is 1.54 bits per heavy atom. The van der Waals surface area contributed by atoms with E-state index < -0.39 is 5.60 Å². The first-order valence-electron chi connectivity index (χ1n) is 7.83. The van der Waals surface area contributed by atoms with E-state index in [0.717, 1.165) is 5.56 Å². The number of rotatable bonds is 4. The maximum absolute atomic E-state index is 12.5. The molecule has 1 aliphatic rings. The summed E-state index contributed by atoms with van der Waals surface area (Å²) in [4.78, 5) is 20.7. The molecule has 1 unspecified atom stereocenters. The topological polar surface area (TPSA) is 87.7 Å². The number of β-amino-alcohol motifs (C(OH)–C–C–N with tert-alkyl or cyclic N) is 1. The summed E-state index contributed by atoms with van der Waals surface area (Å²) in [6.45, 7) is 3.05. The fourth-order valence-corrected chi connectivity index (χ4v) is 2.64. The van der Waals surface area contributed by atoms with Gasteiger partial charge in [-0.15, -0.1) is 0 Å². The van der Waals surface area contributed by atoms with Crippen molar-refractivity contribution >= 4 is 5.91 Å². The number of aliphatic hydroxyl groups is 1. The predicted octanol–water partition coefficient (Wildman–Crippen LogP) is 1.00. The molecule has 1 aliphatic heterocycles. The molecule has 1 aromatic heterocycles. The third-order valence-electron chi connectivity index (χ3n) is 3.87. The van der Waals surface area contributed by atoms with Crippen molar-refractivity contribution in [3.05, 3.63) is 48.0 Å². The number of aromatic nitrogens is 2. The second kappa shape index (κ2) is 7.02. The monoisotopic (exact) mass is 331 g/mol. The van der Waals surface area contributed by atoms with E-state index in [4.69, 9.17) is 9.47 Å². The number of carbonyl (C=O) groups excluding carboxylic acids is 1. The van der Waals surface area contributed by atoms with E-state index in [1.54, 1.807) is 4.90 Å². The minimum absolute atomic E-state index is 0.0449. The molecule has 7 heteroatoms. The maximum Gasteiger partial charge on any atom is 0.272 e. The summed E-state index contributed by atoms with van der Waals surface area (Å²) >= 11 is 0. The number of hydrogen-bond donors (Lipinski definition) is 2. The van der Waals surface area contributed by atoms with E-state index >= 15 is 0 Å². The number of carbonyl (C=O) groups is 1. The van der Waals surface area contributed by atoms with Crippen molar-refractivity contribution in [3.8, 4) is 5.75 Å². The summed E-state index contributed by atoms with van der Waals surface area (Å²) in [6.07, 6.45) is 2.92. The van der Waals surface area contributed by atoms with Crippen molar-refractivity contribution in [1.29, 1.82) is 0 Å². The van der Waals surface area contributed by atoms with Crippen molar-refractivity contribution in [1.82, 2.24) is 14.9 Å². The molecule has 0 saturated carbocycles. The Kier molecular flexibility index (Phi) is 4.82. The third kappa shape index (κ3) is 3.93. The van der Waals surface area contributed by atoms with Gasteiger partial charge in [0, 0.05) is 6.54 Å². The van der Waals surface area contributed by atoms with Crippen LogP contribution < -0.4 is 4.74 Å². The Bertz CT molecular complexity index is 689. The van der Waals surface area contributed by atoms with E-state index in [1.807, 2.05) is 31.2 Å². The van der Waals surface area contributed by atoms with Crippen LogP contribution in [0.25, 0.3) is 0 Å². The van der Waals surface area contributed by atoms with Gasteiger partial charge in [0.1, 0.15) is 23.7 Å². The Balaban J connectivity index is 1.67. The second-order valence-corrected chi connectivity index (χ2v) is 6.07. The highest BCUT2D eigenvalue weighted by Gasteiger charge is 2.36. The van der Waals surface area contributed by atoms with Gasteiger partial charge in [0.25, 0.3) is 5.91 Å². The number of aryl methyl sites for hydroxylation is 1. The Labute approximate surface area is 140 Å². The van der Waals surface area contributed by atoms with Crippen LogP contribution in [-0.4, -0.2) is 64.4 Å². The molecular weight excluding hydrogens is 310 g/mol. The highest BCUT2D eigenvalue weighted by Crippen LogP contribution is 2.18. The fraction of sp³-hybridized carbons (Fsp3) is 0.412. The van der Waals surface area contributed by atoms with Crippen LogP contribution in [0.5, 0.6) is 5.75 Å². The lowest BCUT2D eigenvalue weighted by Gasteiger charge is -2.30. The smallest absolute Gasteiger partial charge is 0.272 e. The SMILES string of the molecule is Cc1cccc(OCC2(O)COCCN(C(=O)c3cnc[nH]3)C2)c1. The number of aromatic amines is 1. The lowest BCUT2D eigenvalue weighted by Crippen LogP contribution is -2.50. The van der Waals surface area contributed by atoms with E-state index in [-0.39, 0.29) is 25.7 Å². The summed E-state index contributed by atoms with van der Waals surface area (Å²) in [5, 5.41) is 10.8. The molecule has 2 N–H and O–H groups in total. The first-order chi connectivity index (χ1) is 11.6. The first kappa shape index (κ1) is 16.5. The van der Waals surface area contributed by atoms with Gasteiger partial charge in [0.05, 0.1) is 32.3 Å². The van der Waals surface area contributed by atoms with Crippen molar-refractivity contribution in [2.75, 3.05) is 32.9 Å². The van der Waals surface area contributed by atoms with Gasteiger partial charge in [-0.1, -0.05) is 12.1 Å². The highest BCUT2D eigenvalue weighted by molar-refractivity contribution is 5.92. The number of H-pyrrole nitrogens is 1. The molecule has 1 amide bonds. The number of hydrogen-bond acceptors (Lipinski definition) is 5. The largest absolute Gasteiger partial charge is 0.490 e. The van der Waals surface area contributed by atoms with Crippen LogP contribution in [0.2, 0.25) is 0 Å². The molecule has 1 fully saturated rings. The van der Waals surface area contributed by atoms with Gasteiger partial charge < -0.3 is 24.5 Å². The summed E-state index contributed by atoms with van der Waals surface area (Å²) in [5.74, 6) is 0.464. The van der Waals surface area contributed by atoms with Crippen LogP contribution >= 0.6 is 0 Å². The summed E-state index contributed by atoms with van der Waals surface area (Å²) in [7, 11) is 0. The lowest BCUT2D eigenvalue weighted by molar-refractivity contribution is -0.0621. The number of nitrogens with one attached hydrogen (secondary N) is 1. The minimum Gasteiger partial charge on any atom is -0.490 e. The molecule has 2 aromatic rings. The maximum atomic E-state index is 12.5. The Morgan fingerprint density at radius 3 is 3.17 bits per heavy atom. The van der Waals surface area contributed by atoms with E-state index in [9.17, 15) is 9.90 Å². The van der Waals surface area contributed by atoms with Crippen LogP contribution in [0.4, 0.5) is 0 Å². The van der Waals surface area contributed by atoms with Crippen LogP contribution in [0, 0.1) is 6.92 Å². The number of benzene rings is 1. The normalized spacial score (nSPS) is 21.3. The van der Waals surface area contributed by atoms with Crippen LogP contribution in [-0.2, 0) is 4.74 Å². The molecule has 0 radical (unpaired) electrons. The molecule has 128 valence electrons. The third-order valence-corrected chi connectivity index (χ3v) is 3.87. The van der Waals surface area contributed by atoms with Gasteiger partial charge in [-0.2, -0.15) is 0 Å². The van der Waals surface area contributed by atoms with Crippen LogP contribution in [0.1, 0.15) is 16.1 Å². The number of ether oxygens (including phenoxy) is 2. The second-order valence-electron chi connectivity index (χ2n) is 6.07. The zero-order valence-corrected chi connectivity index (χ0v) is 13.6. The molecule has 2 heterocycles. The average molecular weight is 331 g/mol. The highest BCUT2D eigenvalue weighted by atomic mass is 16.5. The zero-order valence-electron chi connectivity index (χ0n) is 13.6. The van der Waals surface area contributed by atoms with Gasteiger partial charge in [-0.05, 0) is 24.6 Å². The number of amides is 1. The van der Waals surface area contributed by atoms with Crippen molar-refractivity contribution in [3.63, 3.8) is 0 Å². The molecule has 0 spiro atoms. The minimum atomic E-state index is -1.27. The summed E-state index contributed by atoms with van der Waals surface area (Å²) in [5.41, 5.74) is 0.196. The van der Waals surface area contributed by atoms with E-state index in [1.165, 1.54) is 12.5 Å². The molecule has 1 atom stereocenters. The summed E-state index contributed by atoms with van der Waals surface area (Å²) in [6, 6.07) is 7.60. The van der Waals surface area contributed by atoms with Crippen LogP contribution in [0.15, 0.2) is 36.8 Å². The number of imidazole rings is 1. The average Bonchev–Trinajstić information content (AvgIpc) is 3.03. The fourth-order valence-electron chi connectivity index (χ4n) is 2.64. The van der Waals surface area contributed by atoms with Gasteiger partial charge in [0.15, 0.2) is 0 Å². The van der Waals surface area contributed by atoms with Crippen molar-refractivity contribution in [2.45, 2.75) is 12.5 Å². The standard InChI is InChI=1S/C17H21N3O4/c1-13-3-2-4-14(7-13)24-11-17(22)9-20(5-6-23-10-17)16(21)15-8-18-12-19-15/h2-4,7-8,12,22H,5-6,9-11H2,1H3,(H,18,19). The molecule has 7 nitrogen and oxygen atoms in total. The van der Waals surface area contributed by atoms with Crippen molar-refractivity contribution in [2.24, 2.45) is 0 Å². The molecule has 1 saturated heterocycles. The Hall–Kier alpha value is -2.38. The molecule has 0 bridgehead atoms. The number of nitrogens with zero attached hydrogens (tertiary/aromatic N) is 2.